The van der Waals surface area contributed by atoms with Gasteiger partial charge in [-0.15, -0.1) is 0 Å². The summed E-state index contributed by atoms with van der Waals surface area (Å²) in [5, 5.41) is 10.6. The molecule has 1 aromatic heterocycles. The molecular weight excluding hydrogens is 204 g/mol. The second-order valence-electron chi connectivity index (χ2n) is 3.42. The van der Waals surface area contributed by atoms with Crippen molar-refractivity contribution in [2.75, 3.05) is 0 Å². The van der Waals surface area contributed by atoms with Crippen molar-refractivity contribution in [2.45, 2.75) is 6.92 Å². The summed E-state index contributed by atoms with van der Waals surface area (Å²) >= 11 is 0. The first-order valence-corrected chi connectivity index (χ1v) is 4.86. The van der Waals surface area contributed by atoms with E-state index in [-0.39, 0.29) is 5.69 Å². The Balaban J connectivity index is 2.46. The number of pyridine rings is 1. The highest BCUT2D eigenvalue weighted by Gasteiger charge is 2.11. The van der Waals surface area contributed by atoms with Crippen molar-refractivity contribution in [1.82, 2.24) is 4.98 Å². The van der Waals surface area contributed by atoms with E-state index in [1.807, 2.05) is 30.3 Å². The molecule has 0 aliphatic heterocycles. The zero-order valence-corrected chi connectivity index (χ0v) is 8.75. The molecule has 1 aromatic carbocycles. The third kappa shape index (κ3) is 1.91. The molecule has 2 rings (SSSR count). The van der Waals surface area contributed by atoms with E-state index in [0.717, 1.165) is 11.3 Å². The van der Waals surface area contributed by atoms with Gasteiger partial charge in [0.1, 0.15) is 5.69 Å². The highest BCUT2D eigenvalue weighted by molar-refractivity contribution is 5.60. The molecule has 2 aromatic rings. The normalized spacial score (nSPS) is 10.1. The minimum atomic E-state index is -0.420. The van der Waals surface area contributed by atoms with Crippen molar-refractivity contribution in [3.63, 3.8) is 0 Å². The Morgan fingerprint density at radius 2 is 1.81 bits per heavy atom. The topological polar surface area (TPSA) is 56.0 Å². The molecule has 0 fully saturated rings. The van der Waals surface area contributed by atoms with Crippen molar-refractivity contribution in [3.05, 3.63) is 58.3 Å². The molecule has 0 spiro atoms. The number of hydrogen-bond donors (Lipinski definition) is 0. The second-order valence-corrected chi connectivity index (χ2v) is 3.42. The lowest BCUT2D eigenvalue weighted by atomic mass is 10.1. The molecule has 0 saturated heterocycles. The molecule has 0 aliphatic rings. The molecule has 0 bridgehead atoms. The third-order valence-corrected chi connectivity index (χ3v) is 2.32. The molecule has 4 heteroatoms. The van der Waals surface area contributed by atoms with Crippen LogP contribution in [0, 0.1) is 17.0 Å². The molecule has 16 heavy (non-hydrogen) atoms. The fourth-order valence-electron chi connectivity index (χ4n) is 1.52. The van der Waals surface area contributed by atoms with Gasteiger partial charge in [-0.1, -0.05) is 30.3 Å². The van der Waals surface area contributed by atoms with Crippen LogP contribution in [-0.4, -0.2) is 9.91 Å². The summed E-state index contributed by atoms with van der Waals surface area (Å²) in [6, 6.07) is 12.7. The monoisotopic (exact) mass is 214 g/mol. The lowest BCUT2D eigenvalue weighted by Gasteiger charge is -2.02. The molecular formula is C12H10N2O2. The van der Waals surface area contributed by atoms with Crippen molar-refractivity contribution in [1.29, 1.82) is 0 Å². The number of nitro groups is 1. The van der Waals surface area contributed by atoms with Gasteiger partial charge in [0.15, 0.2) is 0 Å². The third-order valence-electron chi connectivity index (χ3n) is 2.32. The molecule has 4 nitrogen and oxygen atoms in total. The quantitative estimate of drug-likeness (QED) is 0.570. The molecule has 80 valence electrons. The van der Waals surface area contributed by atoms with Crippen LogP contribution in [0.4, 0.5) is 5.69 Å². The van der Waals surface area contributed by atoms with Crippen molar-refractivity contribution >= 4 is 5.69 Å². The SMILES string of the molecule is Cc1nc(-c2ccccc2)ccc1[N+](=O)[O-]. The van der Waals surface area contributed by atoms with Crippen molar-refractivity contribution in [2.24, 2.45) is 0 Å². The van der Waals surface area contributed by atoms with E-state index in [1.165, 1.54) is 6.07 Å². The van der Waals surface area contributed by atoms with Gasteiger partial charge in [0, 0.05) is 11.6 Å². The summed E-state index contributed by atoms with van der Waals surface area (Å²) in [7, 11) is 0. The fraction of sp³-hybridized carbons (Fsp3) is 0.0833. The number of aromatic nitrogens is 1. The van der Waals surface area contributed by atoms with Crippen LogP contribution in [-0.2, 0) is 0 Å². The van der Waals surface area contributed by atoms with Gasteiger partial charge in [0.2, 0.25) is 0 Å². The van der Waals surface area contributed by atoms with Crippen molar-refractivity contribution < 1.29 is 4.92 Å². The Morgan fingerprint density at radius 3 is 2.38 bits per heavy atom. The van der Waals surface area contributed by atoms with Crippen LogP contribution >= 0.6 is 0 Å². The maximum Gasteiger partial charge on any atom is 0.290 e. The zero-order chi connectivity index (χ0) is 11.5. The number of nitrogens with zero attached hydrogens (tertiary/aromatic N) is 2. The van der Waals surface area contributed by atoms with E-state index in [2.05, 4.69) is 4.98 Å². The summed E-state index contributed by atoms with van der Waals surface area (Å²) in [5.74, 6) is 0. The molecule has 0 unspecified atom stereocenters. The van der Waals surface area contributed by atoms with Crippen LogP contribution in [0.2, 0.25) is 0 Å². The van der Waals surface area contributed by atoms with Crippen LogP contribution < -0.4 is 0 Å². The summed E-state index contributed by atoms with van der Waals surface area (Å²) in [6.45, 7) is 1.64. The van der Waals surface area contributed by atoms with E-state index in [1.54, 1.807) is 13.0 Å². The largest absolute Gasteiger partial charge is 0.290 e. The minimum Gasteiger partial charge on any atom is -0.258 e. The first kappa shape index (κ1) is 10.3. The first-order chi connectivity index (χ1) is 7.68. The van der Waals surface area contributed by atoms with E-state index >= 15 is 0 Å². The number of rotatable bonds is 2. The average molecular weight is 214 g/mol. The fourth-order valence-corrected chi connectivity index (χ4v) is 1.52. The van der Waals surface area contributed by atoms with Gasteiger partial charge in [-0.3, -0.25) is 10.1 Å². The van der Waals surface area contributed by atoms with Gasteiger partial charge in [0.05, 0.1) is 10.6 Å². The lowest BCUT2D eigenvalue weighted by Crippen LogP contribution is -1.95. The molecule has 0 amide bonds. The summed E-state index contributed by atoms with van der Waals surface area (Å²) in [5.41, 5.74) is 2.20. The van der Waals surface area contributed by atoms with Crippen LogP contribution in [0.3, 0.4) is 0 Å². The predicted octanol–water partition coefficient (Wildman–Crippen LogP) is 2.97. The Hall–Kier alpha value is -2.23. The maximum atomic E-state index is 10.6. The van der Waals surface area contributed by atoms with Crippen molar-refractivity contribution in [3.8, 4) is 11.3 Å². The lowest BCUT2D eigenvalue weighted by molar-refractivity contribution is -0.385. The molecule has 0 radical (unpaired) electrons. The summed E-state index contributed by atoms with van der Waals surface area (Å²) < 4.78 is 0. The first-order valence-electron chi connectivity index (χ1n) is 4.86. The number of aryl methyl sites for hydroxylation is 1. The van der Waals surface area contributed by atoms with E-state index in [4.69, 9.17) is 0 Å². The van der Waals surface area contributed by atoms with Crippen LogP contribution in [0.15, 0.2) is 42.5 Å². The zero-order valence-electron chi connectivity index (χ0n) is 8.75. The maximum absolute atomic E-state index is 10.6. The highest BCUT2D eigenvalue weighted by Crippen LogP contribution is 2.22. The Morgan fingerprint density at radius 1 is 1.12 bits per heavy atom. The van der Waals surface area contributed by atoms with Gasteiger partial charge in [0.25, 0.3) is 5.69 Å². The Bertz CT molecular complexity index is 524. The van der Waals surface area contributed by atoms with Gasteiger partial charge >= 0.3 is 0 Å². The van der Waals surface area contributed by atoms with Gasteiger partial charge in [-0.2, -0.15) is 0 Å². The van der Waals surface area contributed by atoms with E-state index in [0.29, 0.717) is 5.69 Å². The Labute approximate surface area is 92.7 Å². The molecule has 0 saturated carbocycles. The summed E-state index contributed by atoms with van der Waals surface area (Å²) in [6.07, 6.45) is 0. The van der Waals surface area contributed by atoms with E-state index < -0.39 is 4.92 Å². The van der Waals surface area contributed by atoms with Gasteiger partial charge in [-0.05, 0) is 13.0 Å². The van der Waals surface area contributed by atoms with Gasteiger partial charge in [-0.25, -0.2) is 4.98 Å². The summed E-state index contributed by atoms with van der Waals surface area (Å²) in [4.78, 5) is 14.4. The minimum absolute atomic E-state index is 0.0553. The predicted molar refractivity (Wildman–Crippen MR) is 61.1 cm³/mol. The Kier molecular flexibility index (Phi) is 2.64. The molecule has 0 N–H and O–H groups in total. The van der Waals surface area contributed by atoms with Crippen LogP contribution in [0.25, 0.3) is 11.3 Å². The number of benzene rings is 1. The van der Waals surface area contributed by atoms with Crippen LogP contribution in [0.1, 0.15) is 5.69 Å². The molecule has 0 atom stereocenters. The van der Waals surface area contributed by atoms with Crippen LogP contribution in [0.5, 0.6) is 0 Å². The second kappa shape index (κ2) is 4.10. The molecule has 0 aliphatic carbocycles. The number of hydrogen-bond acceptors (Lipinski definition) is 3. The van der Waals surface area contributed by atoms with E-state index in [9.17, 15) is 10.1 Å². The van der Waals surface area contributed by atoms with Gasteiger partial charge < -0.3 is 0 Å². The molecule has 1 heterocycles. The smallest absolute Gasteiger partial charge is 0.258 e. The highest BCUT2D eigenvalue weighted by atomic mass is 16.6. The average Bonchev–Trinajstić information content (AvgIpc) is 2.29. The standard InChI is InChI=1S/C12H10N2O2/c1-9-12(14(15)16)8-7-11(13-9)10-5-3-2-4-6-10/h2-8H,1H3.